The molecule has 0 aliphatic heterocycles. The fraction of sp³-hybridized carbons (Fsp3) is 0.467. The lowest BCUT2D eigenvalue weighted by Gasteiger charge is -2.20. The Bertz CT molecular complexity index is 525. The molecule has 0 aliphatic carbocycles. The average molecular weight is 295 g/mol. The molecule has 0 aromatic heterocycles. The van der Waals surface area contributed by atoms with Gasteiger partial charge < -0.3 is 19.9 Å². The van der Waals surface area contributed by atoms with Crippen molar-refractivity contribution in [3.05, 3.63) is 23.8 Å². The number of hydrogen-bond acceptors (Lipinski definition) is 4. The number of carbonyl (C=O) groups excluding carboxylic acids is 1. The van der Waals surface area contributed by atoms with Gasteiger partial charge in [-0.15, -0.1) is 0 Å². The molecule has 1 rings (SSSR count). The van der Waals surface area contributed by atoms with Crippen LogP contribution in [-0.2, 0) is 16.0 Å². The Morgan fingerprint density at radius 3 is 2.33 bits per heavy atom. The Hall–Kier alpha value is -2.24. The van der Waals surface area contributed by atoms with Crippen LogP contribution in [0.5, 0.6) is 11.5 Å². The predicted molar refractivity (Wildman–Crippen MR) is 77.7 cm³/mol. The predicted octanol–water partition coefficient (Wildman–Crippen LogP) is 1.62. The molecule has 1 aromatic rings. The first-order chi connectivity index (χ1) is 9.80. The van der Waals surface area contributed by atoms with Gasteiger partial charge in [-0.05, 0) is 38.0 Å². The van der Waals surface area contributed by atoms with Crippen LogP contribution in [0.3, 0.4) is 0 Å². The molecule has 0 unspecified atom stereocenters. The summed E-state index contributed by atoms with van der Waals surface area (Å²) < 4.78 is 10.3. The molecule has 0 atom stereocenters. The van der Waals surface area contributed by atoms with E-state index < -0.39 is 11.5 Å². The van der Waals surface area contributed by atoms with Crippen molar-refractivity contribution in [2.45, 2.75) is 32.2 Å². The minimum absolute atomic E-state index is 0.201. The molecule has 0 saturated carbocycles. The average Bonchev–Trinajstić information content (AvgIpc) is 2.44. The summed E-state index contributed by atoms with van der Waals surface area (Å²) >= 11 is 0. The van der Waals surface area contributed by atoms with Crippen LogP contribution in [0.1, 0.15) is 25.8 Å². The summed E-state index contributed by atoms with van der Waals surface area (Å²) in [6.45, 7) is 2.90. The largest absolute Gasteiger partial charge is 0.493 e. The van der Waals surface area contributed by atoms with Crippen molar-refractivity contribution < 1.29 is 24.2 Å². The highest BCUT2D eigenvalue weighted by atomic mass is 16.5. The number of aliphatic carboxylic acids is 1. The number of nitrogens with one attached hydrogen (secondary N) is 1. The summed E-state index contributed by atoms with van der Waals surface area (Å²) in [5.74, 6) is -0.155. The molecule has 0 saturated heterocycles. The number of carboxylic acid groups (broad SMARTS) is 1. The molecule has 116 valence electrons. The van der Waals surface area contributed by atoms with E-state index in [0.29, 0.717) is 17.9 Å². The number of benzene rings is 1. The lowest BCUT2D eigenvalue weighted by molar-refractivity contribution is -0.146. The van der Waals surface area contributed by atoms with Gasteiger partial charge in [0.25, 0.3) is 0 Å². The van der Waals surface area contributed by atoms with E-state index in [0.717, 1.165) is 5.56 Å². The minimum atomic E-state index is -1.27. The van der Waals surface area contributed by atoms with E-state index in [2.05, 4.69) is 5.32 Å². The minimum Gasteiger partial charge on any atom is -0.493 e. The van der Waals surface area contributed by atoms with Gasteiger partial charge in [-0.3, -0.25) is 4.79 Å². The van der Waals surface area contributed by atoms with Gasteiger partial charge in [0, 0.05) is 6.42 Å². The Kier molecular flexibility index (Phi) is 5.58. The summed E-state index contributed by atoms with van der Waals surface area (Å²) in [5.41, 5.74) is -0.356. The van der Waals surface area contributed by atoms with E-state index in [1.54, 1.807) is 26.4 Å². The van der Waals surface area contributed by atoms with Gasteiger partial charge in [0.2, 0.25) is 5.91 Å². The van der Waals surface area contributed by atoms with Crippen LogP contribution in [0.15, 0.2) is 18.2 Å². The molecule has 0 heterocycles. The maximum atomic E-state index is 11.8. The van der Waals surface area contributed by atoms with E-state index in [-0.39, 0.29) is 12.3 Å². The quantitative estimate of drug-likeness (QED) is 0.798. The molecule has 1 aromatic carbocycles. The second kappa shape index (κ2) is 6.97. The monoisotopic (exact) mass is 295 g/mol. The van der Waals surface area contributed by atoms with Crippen LogP contribution < -0.4 is 14.8 Å². The fourth-order valence-electron chi connectivity index (χ4n) is 1.76. The molecule has 0 aliphatic rings. The second-order valence-corrected chi connectivity index (χ2v) is 5.17. The van der Waals surface area contributed by atoms with Gasteiger partial charge in [-0.2, -0.15) is 0 Å². The van der Waals surface area contributed by atoms with Crippen LogP contribution in [-0.4, -0.2) is 36.7 Å². The van der Waals surface area contributed by atoms with Crippen molar-refractivity contribution >= 4 is 11.9 Å². The topological polar surface area (TPSA) is 84.9 Å². The smallest absolute Gasteiger partial charge is 0.328 e. The third-order valence-electron chi connectivity index (χ3n) is 3.08. The lowest BCUT2D eigenvalue weighted by Crippen LogP contribution is -2.49. The highest BCUT2D eigenvalue weighted by Gasteiger charge is 2.28. The summed E-state index contributed by atoms with van der Waals surface area (Å²) in [6, 6.07) is 5.42. The van der Waals surface area contributed by atoms with Crippen molar-refractivity contribution in [2.75, 3.05) is 14.2 Å². The van der Waals surface area contributed by atoms with E-state index in [1.807, 2.05) is 6.07 Å². The van der Waals surface area contributed by atoms with Gasteiger partial charge in [0.05, 0.1) is 14.2 Å². The standard InChI is InChI=1S/C15H21NO5/c1-15(2,14(18)19)16-13(17)8-6-10-5-7-11(20-3)12(9-10)21-4/h5,7,9H,6,8H2,1-4H3,(H,16,17)(H,18,19). The molecular weight excluding hydrogens is 274 g/mol. The number of aryl methyl sites for hydroxylation is 1. The van der Waals surface area contributed by atoms with Crippen molar-refractivity contribution in [1.82, 2.24) is 5.32 Å². The van der Waals surface area contributed by atoms with Crippen molar-refractivity contribution in [3.8, 4) is 11.5 Å². The maximum absolute atomic E-state index is 11.8. The summed E-state index contributed by atoms with van der Waals surface area (Å²) in [6.07, 6.45) is 0.689. The van der Waals surface area contributed by atoms with Crippen molar-refractivity contribution in [2.24, 2.45) is 0 Å². The number of carboxylic acids is 1. The van der Waals surface area contributed by atoms with E-state index in [4.69, 9.17) is 14.6 Å². The molecule has 6 nitrogen and oxygen atoms in total. The first-order valence-electron chi connectivity index (χ1n) is 6.55. The SMILES string of the molecule is COc1ccc(CCC(=O)NC(C)(C)C(=O)O)cc1OC. The fourth-order valence-corrected chi connectivity index (χ4v) is 1.76. The Labute approximate surface area is 124 Å². The Morgan fingerprint density at radius 2 is 1.81 bits per heavy atom. The zero-order chi connectivity index (χ0) is 16.0. The van der Waals surface area contributed by atoms with Gasteiger partial charge in [-0.1, -0.05) is 6.07 Å². The van der Waals surface area contributed by atoms with Gasteiger partial charge in [0.1, 0.15) is 5.54 Å². The van der Waals surface area contributed by atoms with Gasteiger partial charge in [-0.25, -0.2) is 4.79 Å². The van der Waals surface area contributed by atoms with E-state index >= 15 is 0 Å². The first kappa shape index (κ1) is 16.8. The molecule has 0 radical (unpaired) electrons. The van der Waals surface area contributed by atoms with Crippen LogP contribution in [0.4, 0.5) is 0 Å². The number of carbonyl (C=O) groups is 2. The third kappa shape index (κ3) is 4.66. The normalized spacial score (nSPS) is 10.9. The number of amides is 1. The molecule has 0 bridgehead atoms. The Balaban J connectivity index is 2.63. The number of rotatable bonds is 7. The molecule has 0 spiro atoms. The zero-order valence-corrected chi connectivity index (χ0v) is 12.7. The summed E-state index contributed by atoms with van der Waals surface area (Å²) in [5, 5.41) is 11.4. The summed E-state index contributed by atoms with van der Waals surface area (Å²) in [4.78, 5) is 22.7. The number of hydrogen-bond donors (Lipinski definition) is 2. The molecule has 1 amide bonds. The zero-order valence-electron chi connectivity index (χ0n) is 12.7. The van der Waals surface area contributed by atoms with Gasteiger partial charge in [0.15, 0.2) is 11.5 Å². The molecule has 0 fully saturated rings. The van der Waals surface area contributed by atoms with Crippen LogP contribution in [0.25, 0.3) is 0 Å². The van der Waals surface area contributed by atoms with Crippen molar-refractivity contribution in [1.29, 1.82) is 0 Å². The molecule has 2 N–H and O–H groups in total. The third-order valence-corrected chi connectivity index (χ3v) is 3.08. The lowest BCUT2D eigenvalue weighted by atomic mass is 10.0. The van der Waals surface area contributed by atoms with E-state index in [1.165, 1.54) is 13.8 Å². The first-order valence-corrected chi connectivity index (χ1v) is 6.55. The Morgan fingerprint density at radius 1 is 1.19 bits per heavy atom. The molecular formula is C15H21NO5. The summed E-state index contributed by atoms with van der Waals surface area (Å²) in [7, 11) is 3.10. The van der Waals surface area contributed by atoms with E-state index in [9.17, 15) is 9.59 Å². The number of ether oxygens (including phenoxy) is 2. The van der Waals surface area contributed by atoms with Crippen LogP contribution in [0.2, 0.25) is 0 Å². The number of methoxy groups -OCH3 is 2. The molecule has 21 heavy (non-hydrogen) atoms. The second-order valence-electron chi connectivity index (χ2n) is 5.17. The van der Waals surface area contributed by atoms with Crippen molar-refractivity contribution in [3.63, 3.8) is 0 Å². The molecule has 6 heteroatoms. The highest BCUT2D eigenvalue weighted by Crippen LogP contribution is 2.27. The highest BCUT2D eigenvalue weighted by molar-refractivity contribution is 5.86. The van der Waals surface area contributed by atoms with Gasteiger partial charge >= 0.3 is 5.97 Å². The van der Waals surface area contributed by atoms with Crippen LogP contribution in [0, 0.1) is 0 Å². The maximum Gasteiger partial charge on any atom is 0.328 e. The van der Waals surface area contributed by atoms with Crippen LogP contribution >= 0.6 is 0 Å².